The van der Waals surface area contributed by atoms with Gasteiger partial charge in [0.25, 0.3) is 5.91 Å². The molecule has 13 heteroatoms. The zero-order valence-corrected chi connectivity index (χ0v) is 26.7. The van der Waals surface area contributed by atoms with Crippen molar-refractivity contribution in [2.45, 2.75) is 111 Å². The Morgan fingerprint density at radius 2 is 1.14 bits per heavy atom. The van der Waals surface area contributed by atoms with Gasteiger partial charge >= 0.3 is 20.2 Å². The zero-order chi connectivity index (χ0) is 33.0. The highest BCUT2D eigenvalue weighted by atomic mass is 16.4. The van der Waals surface area contributed by atoms with Gasteiger partial charge in [-0.05, 0) is 55.2 Å². The molecule has 1 aromatic rings. The van der Waals surface area contributed by atoms with Gasteiger partial charge in [-0.3, -0.25) is 14.4 Å². The van der Waals surface area contributed by atoms with Crippen LogP contribution < -0.4 is 21.6 Å². The number of aliphatic carboxylic acids is 1. The summed E-state index contributed by atoms with van der Waals surface area (Å²) in [6.07, 6.45) is 12.7. The Morgan fingerprint density at radius 3 is 1.60 bits per heavy atom. The number of aliphatic hydroxyl groups excluding tert-OH is 1. The fourth-order valence-electron chi connectivity index (χ4n) is 4.39. The third-order valence-electron chi connectivity index (χ3n) is 6.85. The van der Waals surface area contributed by atoms with Crippen LogP contribution in [0.5, 0.6) is 0 Å². The van der Waals surface area contributed by atoms with E-state index in [9.17, 15) is 34.5 Å². The highest BCUT2D eigenvalue weighted by Crippen LogP contribution is 2.13. The Labute approximate surface area is 258 Å². The Hall–Kier alpha value is -2.44. The van der Waals surface area contributed by atoms with Crippen LogP contribution in [0.25, 0.3) is 0 Å². The molecule has 43 heavy (non-hydrogen) atoms. The summed E-state index contributed by atoms with van der Waals surface area (Å²) in [5.74, 6) is -1.37. The lowest BCUT2D eigenvalue weighted by molar-refractivity contribution is -0.142. The van der Waals surface area contributed by atoms with E-state index in [2.05, 4.69) is 10.6 Å². The minimum Gasteiger partial charge on any atom is -0.481 e. The van der Waals surface area contributed by atoms with Gasteiger partial charge in [-0.15, -0.1) is 0 Å². The van der Waals surface area contributed by atoms with Crippen molar-refractivity contribution in [3.8, 4) is 0 Å². The fraction of sp³-hybridized carbons (Fsp3) is 0.700. The van der Waals surface area contributed by atoms with Crippen molar-refractivity contribution in [1.82, 2.24) is 10.6 Å². The molecule has 11 nitrogen and oxygen atoms in total. The molecule has 0 spiro atoms. The van der Waals surface area contributed by atoms with Gasteiger partial charge in [-0.25, -0.2) is 0 Å². The SMILES string of the molecule is CC.CC[C@@H](CCCCNC(=O)CCCCCCCCCCCNC(=O)c1cc(B(O)O)cc(B(O)O)c1)C(=O)O.CO. The van der Waals surface area contributed by atoms with Crippen molar-refractivity contribution in [2.24, 2.45) is 5.92 Å². The number of hydrogen-bond acceptors (Lipinski definition) is 8. The Morgan fingerprint density at radius 1 is 0.698 bits per heavy atom. The zero-order valence-electron chi connectivity index (χ0n) is 26.7. The normalized spacial score (nSPS) is 10.8. The fourth-order valence-corrected chi connectivity index (χ4v) is 4.39. The first-order valence-electron chi connectivity index (χ1n) is 15.7. The monoisotopic (exact) mass is 610 g/mol. The van der Waals surface area contributed by atoms with Gasteiger partial charge in [0, 0.05) is 32.2 Å². The molecular formula is C30H56B2N2O9. The molecule has 0 aliphatic heterocycles. The van der Waals surface area contributed by atoms with Gasteiger partial charge < -0.3 is 40.9 Å². The predicted octanol–water partition coefficient (Wildman–Crippen LogP) is 1.71. The number of carboxylic acid groups (broad SMARTS) is 1. The smallest absolute Gasteiger partial charge is 0.481 e. The second-order valence-corrected chi connectivity index (χ2v) is 10.1. The number of aliphatic hydroxyl groups is 1. The highest BCUT2D eigenvalue weighted by Gasteiger charge is 2.20. The van der Waals surface area contributed by atoms with Crippen LogP contribution in [0.15, 0.2) is 18.2 Å². The van der Waals surface area contributed by atoms with E-state index in [0.29, 0.717) is 32.4 Å². The number of unbranched alkanes of at least 4 members (excludes halogenated alkanes) is 9. The minimum absolute atomic E-state index is 0.0146. The molecule has 0 unspecified atom stereocenters. The molecule has 0 fully saturated rings. The molecule has 0 saturated heterocycles. The maximum Gasteiger partial charge on any atom is 0.488 e. The lowest BCUT2D eigenvalue weighted by Gasteiger charge is -2.10. The molecule has 1 rings (SSSR count). The maximum atomic E-state index is 12.3. The number of carbonyl (C=O) groups is 3. The number of hydrogen-bond donors (Lipinski definition) is 8. The number of carboxylic acids is 1. The van der Waals surface area contributed by atoms with Crippen molar-refractivity contribution >= 4 is 42.9 Å². The van der Waals surface area contributed by atoms with Gasteiger partial charge in [-0.1, -0.05) is 78.2 Å². The molecule has 0 heterocycles. The molecule has 2 amide bonds. The van der Waals surface area contributed by atoms with Crippen LogP contribution in [-0.2, 0) is 9.59 Å². The van der Waals surface area contributed by atoms with Crippen molar-refractivity contribution in [1.29, 1.82) is 0 Å². The van der Waals surface area contributed by atoms with E-state index in [1.165, 1.54) is 18.2 Å². The summed E-state index contributed by atoms with van der Waals surface area (Å²) in [6.45, 7) is 6.96. The molecule has 0 bridgehead atoms. The Bertz CT molecular complexity index is 848. The Balaban J connectivity index is 0. The van der Waals surface area contributed by atoms with Crippen LogP contribution in [-0.4, -0.2) is 82.5 Å². The van der Waals surface area contributed by atoms with Crippen LogP contribution >= 0.6 is 0 Å². The third kappa shape index (κ3) is 21.8. The van der Waals surface area contributed by atoms with Gasteiger partial charge in [0.1, 0.15) is 0 Å². The van der Waals surface area contributed by atoms with E-state index in [1.54, 1.807) is 0 Å². The van der Waals surface area contributed by atoms with Crippen LogP contribution in [0.1, 0.15) is 121 Å². The average molecular weight is 610 g/mol. The van der Waals surface area contributed by atoms with Gasteiger partial charge in [0.2, 0.25) is 5.91 Å². The van der Waals surface area contributed by atoms with Crippen molar-refractivity contribution in [2.75, 3.05) is 20.2 Å². The molecular weight excluding hydrogens is 554 g/mol. The van der Waals surface area contributed by atoms with E-state index >= 15 is 0 Å². The average Bonchev–Trinajstić information content (AvgIpc) is 3.00. The molecule has 1 aromatic carbocycles. The first kappa shape index (κ1) is 42.7. The molecule has 0 aliphatic rings. The van der Waals surface area contributed by atoms with Crippen LogP contribution in [0, 0.1) is 5.92 Å². The lowest BCUT2D eigenvalue weighted by atomic mass is 9.72. The number of carbonyl (C=O) groups excluding carboxylic acids is 2. The number of benzene rings is 1. The van der Waals surface area contributed by atoms with Crippen LogP contribution in [0.4, 0.5) is 0 Å². The van der Waals surface area contributed by atoms with E-state index in [-0.39, 0.29) is 28.3 Å². The van der Waals surface area contributed by atoms with Crippen molar-refractivity contribution in [3.63, 3.8) is 0 Å². The summed E-state index contributed by atoms with van der Waals surface area (Å²) < 4.78 is 0. The highest BCUT2D eigenvalue weighted by molar-refractivity contribution is 6.62. The standard InChI is InChI=1S/C27H46B2N2O8.C2H6.CH4O/c1-2-21(27(34)35)14-11-13-16-30-25(32)15-10-8-6-4-3-5-7-9-12-17-31-26(33)22-18-23(28(36)37)20-24(19-22)29(38)39;2*1-2/h18-21,36-39H,2-17H2,1H3,(H,30,32)(H,31,33)(H,34,35);1-2H3;2H,1H3/t21-;;/m0../s1. The third-order valence-corrected chi connectivity index (χ3v) is 6.85. The summed E-state index contributed by atoms with van der Waals surface area (Å²) in [4.78, 5) is 35.2. The van der Waals surface area contributed by atoms with Gasteiger partial charge in [0.05, 0.1) is 5.92 Å². The summed E-state index contributed by atoms with van der Waals surface area (Å²) >= 11 is 0. The maximum absolute atomic E-state index is 12.3. The van der Waals surface area contributed by atoms with Gasteiger partial charge in [0.15, 0.2) is 0 Å². The topological polar surface area (TPSA) is 197 Å². The summed E-state index contributed by atoms with van der Waals surface area (Å²) in [5.41, 5.74) is 0.168. The second-order valence-electron chi connectivity index (χ2n) is 10.1. The Kier molecular flexibility index (Phi) is 28.1. The molecule has 0 aliphatic carbocycles. The summed E-state index contributed by atoms with van der Waals surface area (Å²) in [7, 11) is -2.63. The van der Waals surface area contributed by atoms with Gasteiger partial charge in [-0.2, -0.15) is 0 Å². The first-order valence-corrected chi connectivity index (χ1v) is 15.7. The molecule has 0 aromatic heterocycles. The minimum atomic E-state index is -1.82. The second kappa shape index (κ2) is 28.3. The summed E-state index contributed by atoms with van der Waals surface area (Å²) in [5, 5.41) is 59.1. The number of nitrogens with one attached hydrogen (secondary N) is 2. The lowest BCUT2D eigenvalue weighted by Crippen LogP contribution is -2.40. The van der Waals surface area contributed by atoms with Crippen molar-refractivity contribution < 1.29 is 44.7 Å². The van der Waals surface area contributed by atoms with Crippen LogP contribution in [0.3, 0.4) is 0 Å². The number of amides is 2. The predicted molar refractivity (Wildman–Crippen MR) is 172 cm³/mol. The van der Waals surface area contributed by atoms with E-state index < -0.39 is 26.1 Å². The quantitative estimate of drug-likeness (QED) is 0.0712. The first-order chi connectivity index (χ1) is 20.6. The summed E-state index contributed by atoms with van der Waals surface area (Å²) in [6, 6.07) is 3.85. The van der Waals surface area contributed by atoms with E-state index in [4.69, 9.17) is 10.2 Å². The molecule has 0 saturated carbocycles. The number of rotatable bonds is 22. The van der Waals surface area contributed by atoms with E-state index in [1.807, 2.05) is 20.8 Å². The molecule has 8 N–H and O–H groups in total. The van der Waals surface area contributed by atoms with Crippen molar-refractivity contribution in [3.05, 3.63) is 23.8 Å². The molecule has 246 valence electrons. The van der Waals surface area contributed by atoms with E-state index in [0.717, 1.165) is 77.7 Å². The molecule has 0 radical (unpaired) electrons. The van der Waals surface area contributed by atoms with Crippen LogP contribution in [0.2, 0.25) is 0 Å². The molecule has 1 atom stereocenters. The largest absolute Gasteiger partial charge is 0.488 e.